The number of nitrogens with zero attached hydrogens (tertiary/aromatic N) is 1. The van der Waals surface area contributed by atoms with Crippen molar-refractivity contribution in [2.45, 2.75) is 31.4 Å². The summed E-state index contributed by atoms with van der Waals surface area (Å²) in [7, 11) is 0. The third kappa shape index (κ3) is 4.51. The van der Waals surface area contributed by atoms with Gasteiger partial charge >= 0.3 is 6.18 Å². The minimum atomic E-state index is -4.52. The predicted molar refractivity (Wildman–Crippen MR) is 128 cm³/mol. The molecule has 1 N–H and O–H groups in total. The number of carbonyl (C=O) groups is 3. The standard InChI is InChI=1S/C28H23F3N2O3/c29-28(30,31)20-7-4-8-21(16-20)32-25(34)18-9-12-22(13-10-18)33-26(35)23-14-11-19(15-24(23)27(33)36)17-5-2-1-3-6-17/h1-10,12-13,16,19,23-24H,11,14-15H2,(H,32,34)/t19-,23+,24+/m0/s1. The number of carbonyl (C=O) groups excluding carboxylic acids is 3. The van der Waals surface area contributed by atoms with E-state index in [1.165, 1.54) is 46.9 Å². The maximum atomic E-state index is 13.2. The van der Waals surface area contributed by atoms with Gasteiger partial charge in [-0.2, -0.15) is 13.2 Å². The van der Waals surface area contributed by atoms with Gasteiger partial charge in [0.1, 0.15) is 0 Å². The molecule has 0 spiro atoms. The van der Waals surface area contributed by atoms with Crippen molar-refractivity contribution in [3.8, 4) is 0 Å². The monoisotopic (exact) mass is 492 g/mol. The van der Waals surface area contributed by atoms with E-state index in [4.69, 9.17) is 0 Å². The fourth-order valence-electron chi connectivity index (χ4n) is 5.20. The average Bonchev–Trinajstić information content (AvgIpc) is 3.13. The molecular formula is C28H23F3N2O3. The molecule has 8 heteroatoms. The molecule has 0 radical (unpaired) electrons. The molecule has 1 aliphatic carbocycles. The van der Waals surface area contributed by atoms with Gasteiger partial charge in [0, 0.05) is 11.3 Å². The second kappa shape index (κ2) is 9.26. The van der Waals surface area contributed by atoms with Gasteiger partial charge in [0.2, 0.25) is 11.8 Å². The Morgan fingerprint density at radius 1 is 0.833 bits per heavy atom. The van der Waals surface area contributed by atoms with Gasteiger partial charge in [0.05, 0.1) is 23.1 Å². The number of anilines is 2. The first-order valence-electron chi connectivity index (χ1n) is 11.7. The van der Waals surface area contributed by atoms with Crippen LogP contribution in [-0.2, 0) is 15.8 Å². The molecule has 0 unspecified atom stereocenters. The molecule has 0 bridgehead atoms. The molecule has 3 aromatic carbocycles. The zero-order valence-corrected chi connectivity index (χ0v) is 19.2. The predicted octanol–water partition coefficient (Wildman–Crippen LogP) is 6.03. The van der Waals surface area contributed by atoms with Gasteiger partial charge in [0.25, 0.3) is 5.91 Å². The van der Waals surface area contributed by atoms with Gasteiger partial charge in [-0.3, -0.25) is 19.3 Å². The number of fused-ring (bicyclic) bond motifs is 1. The van der Waals surface area contributed by atoms with Crippen LogP contribution in [-0.4, -0.2) is 17.7 Å². The molecule has 1 saturated carbocycles. The Morgan fingerprint density at radius 3 is 2.22 bits per heavy atom. The number of alkyl halides is 3. The number of nitrogens with one attached hydrogen (secondary N) is 1. The molecular weight excluding hydrogens is 469 g/mol. The minimum Gasteiger partial charge on any atom is -0.322 e. The van der Waals surface area contributed by atoms with Crippen molar-refractivity contribution in [3.05, 3.63) is 95.6 Å². The summed E-state index contributed by atoms with van der Waals surface area (Å²) in [5.41, 5.74) is 0.896. The number of amides is 3. The Hall–Kier alpha value is -3.94. The molecule has 3 amide bonds. The van der Waals surface area contributed by atoms with Crippen LogP contribution >= 0.6 is 0 Å². The van der Waals surface area contributed by atoms with Crippen LogP contribution in [0, 0.1) is 11.8 Å². The first kappa shape index (κ1) is 23.8. The minimum absolute atomic E-state index is 0.0147. The zero-order chi connectivity index (χ0) is 25.4. The molecule has 36 heavy (non-hydrogen) atoms. The van der Waals surface area contributed by atoms with Crippen molar-refractivity contribution in [3.63, 3.8) is 0 Å². The number of benzene rings is 3. The lowest BCUT2D eigenvalue weighted by Gasteiger charge is -2.28. The normalized spacial score (nSPS) is 21.9. The fraction of sp³-hybridized carbons (Fsp3) is 0.250. The summed E-state index contributed by atoms with van der Waals surface area (Å²) in [4.78, 5) is 40.1. The molecule has 3 atom stereocenters. The summed E-state index contributed by atoms with van der Waals surface area (Å²) in [5, 5.41) is 2.45. The number of rotatable bonds is 4. The highest BCUT2D eigenvalue weighted by molar-refractivity contribution is 6.22. The summed E-state index contributed by atoms with van der Waals surface area (Å²) in [6.07, 6.45) is -2.42. The van der Waals surface area contributed by atoms with Crippen molar-refractivity contribution in [2.24, 2.45) is 11.8 Å². The highest BCUT2D eigenvalue weighted by Gasteiger charge is 2.50. The van der Waals surface area contributed by atoms with E-state index in [1.54, 1.807) is 0 Å². The number of imide groups is 1. The van der Waals surface area contributed by atoms with E-state index in [1.807, 2.05) is 30.3 Å². The second-order valence-corrected chi connectivity index (χ2v) is 9.23. The molecule has 1 saturated heterocycles. The Kier molecular flexibility index (Phi) is 6.12. The Morgan fingerprint density at radius 2 is 1.53 bits per heavy atom. The first-order chi connectivity index (χ1) is 17.2. The van der Waals surface area contributed by atoms with Crippen molar-refractivity contribution >= 4 is 29.1 Å². The highest BCUT2D eigenvalue weighted by atomic mass is 19.4. The summed E-state index contributed by atoms with van der Waals surface area (Å²) >= 11 is 0. The molecule has 184 valence electrons. The van der Waals surface area contributed by atoms with Gasteiger partial charge in [-0.05, 0) is 73.2 Å². The molecule has 2 fully saturated rings. The van der Waals surface area contributed by atoms with Crippen molar-refractivity contribution in [1.29, 1.82) is 0 Å². The number of hydrogen-bond acceptors (Lipinski definition) is 3. The van der Waals surface area contributed by atoms with Gasteiger partial charge in [-0.25, -0.2) is 0 Å². The van der Waals surface area contributed by atoms with Gasteiger partial charge in [-0.1, -0.05) is 36.4 Å². The topological polar surface area (TPSA) is 66.5 Å². The zero-order valence-electron chi connectivity index (χ0n) is 19.2. The quantitative estimate of drug-likeness (QED) is 0.452. The second-order valence-electron chi connectivity index (χ2n) is 9.23. The van der Waals surface area contributed by atoms with Crippen LogP contribution in [0.2, 0.25) is 0 Å². The summed E-state index contributed by atoms with van der Waals surface area (Å²) in [6.45, 7) is 0. The first-order valence-corrected chi connectivity index (χ1v) is 11.7. The summed E-state index contributed by atoms with van der Waals surface area (Å²) in [5.74, 6) is -1.54. The lowest BCUT2D eigenvalue weighted by atomic mass is 9.73. The third-order valence-electron chi connectivity index (χ3n) is 7.03. The van der Waals surface area contributed by atoms with E-state index in [-0.39, 0.29) is 40.8 Å². The van der Waals surface area contributed by atoms with Crippen LogP contribution in [0.4, 0.5) is 24.5 Å². The lowest BCUT2D eigenvalue weighted by Crippen LogP contribution is -2.30. The van der Waals surface area contributed by atoms with E-state index in [2.05, 4.69) is 5.32 Å². The van der Waals surface area contributed by atoms with E-state index in [0.717, 1.165) is 18.6 Å². The van der Waals surface area contributed by atoms with Crippen molar-refractivity contribution < 1.29 is 27.6 Å². The van der Waals surface area contributed by atoms with Crippen LogP contribution in [0.25, 0.3) is 0 Å². The van der Waals surface area contributed by atoms with Crippen LogP contribution in [0.3, 0.4) is 0 Å². The number of hydrogen-bond donors (Lipinski definition) is 1. The molecule has 5 nitrogen and oxygen atoms in total. The summed E-state index contributed by atoms with van der Waals surface area (Å²) < 4.78 is 38.8. The average molecular weight is 492 g/mol. The van der Waals surface area contributed by atoms with Crippen LogP contribution < -0.4 is 10.2 Å². The Balaban J connectivity index is 1.29. The molecule has 0 aromatic heterocycles. The Labute approximate surface area is 205 Å². The molecule has 3 aromatic rings. The van der Waals surface area contributed by atoms with Crippen molar-refractivity contribution in [2.75, 3.05) is 10.2 Å². The van der Waals surface area contributed by atoms with Crippen LogP contribution in [0.15, 0.2) is 78.9 Å². The maximum Gasteiger partial charge on any atom is 0.416 e. The van der Waals surface area contributed by atoms with E-state index >= 15 is 0 Å². The van der Waals surface area contributed by atoms with E-state index < -0.39 is 17.6 Å². The van der Waals surface area contributed by atoms with Gasteiger partial charge in [0.15, 0.2) is 0 Å². The van der Waals surface area contributed by atoms with Crippen LogP contribution in [0.5, 0.6) is 0 Å². The third-order valence-corrected chi connectivity index (χ3v) is 7.03. The molecule has 5 rings (SSSR count). The van der Waals surface area contributed by atoms with E-state index in [9.17, 15) is 27.6 Å². The molecule has 1 aliphatic heterocycles. The largest absolute Gasteiger partial charge is 0.416 e. The van der Waals surface area contributed by atoms with Crippen LogP contribution in [0.1, 0.15) is 46.7 Å². The Bertz CT molecular complexity index is 1310. The van der Waals surface area contributed by atoms with Gasteiger partial charge < -0.3 is 5.32 Å². The SMILES string of the molecule is O=C(Nc1cccc(C(F)(F)F)c1)c1ccc(N2C(=O)[C@@H]3CC[C@H](c4ccccc4)C[C@H]3C2=O)cc1. The smallest absolute Gasteiger partial charge is 0.322 e. The lowest BCUT2D eigenvalue weighted by molar-refractivity contribution is -0.137. The maximum absolute atomic E-state index is 13.2. The van der Waals surface area contributed by atoms with Crippen molar-refractivity contribution in [1.82, 2.24) is 0 Å². The summed E-state index contributed by atoms with van der Waals surface area (Å²) in [6, 6.07) is 20.3. The number of halogens is 3. The van der Waals surface area contributed by atoms with E-state index in [0.29, 0.717) is 18.5 Å². The highest BCUT2D eigenvalue weighted by Crippen LogP contribution is 2.45. The molecule has 1 heterocycles. The fourth-order valence-corrected chi connectivity index (χ4v) is 5.20. The van der Waals surface area contributed by atoms with Gasteiger partial charge in [-0.15, -0.1) is 0 Å². The molecule has 2 aliphatic rings.